The first kappa shape index (κ1) is 23.2. The van der Waals surface area contributed by atoms with E-state index in [1.807, 2.05) is 32.0 Å². The fourth-order valence-corrected chi connectivity index (χ4v) is 5.20. The predicted molar refractivity (Wildman–Crippen MR) is 136 cm³/mol. The maximum atomic E-state index is 12.4. The molecule has 172 valence electrons. The molecule has 1 aliphatic rings. The normalized spacial score (nSPS) is 14.3. The molecule has 0 aliphatic carbocycles. The van der Waals surface area contributed by atoms with Crippen molar-refractivity contribution in [3.63, 3.8) is 0 Å². The first-order valence-corrected chi connectivity index (χ1v) is 12.3. The number of carbonyl (C=O) groups excluding carboxylic acids is 2. The van der Waals surface area contributed by atoms with Crippen molar-refractivity contribution in [3.8, 4) is 0 Å². The topological polar surface area (TPSA) is 52.7 Å². The van der Waals surface area contributed by atoms with E-state index in [0.717, 1.165) is 53.7 Å². The van der Waals surface area contributed by atoms with Crippen molar-refractivity contribution in [3.05, 3.63) is 81.5 Å². The number of anilines is 2. The molecule has 0 radical (unpaired) electrons. The molecule has 0 atom stereocenters. The van der Waals surface area contributed by atoms with Crippen molar-refractivity contribution >= 4 is 34.4 Å². The van der Waals surface area contributed by atoms with Crippen molar-refractivity contribution in [1.82, 2.24) is 4.90 Å². The molecule has 1 saturated heterocycles. The Hall–Kier alpha value is -2.96. The summed E-state index contributed by atoms with van der Waals surface area (Å²) < 4.78 is 0. The number of ketones is 1. The Kier molecular flexibility index (Phi) is 7.57. The van der Waals surface area contributed by atoms with Crippen LogP contribution in [0.5, 0.6) is 0 Å². The zero-order valence-corrected chi connectivity index (χ0v) is 20.2. The zero-order chi connectivity index (χ0) is 23.2. The lowest BCUT2D eigenvalue weighted by atomic mass is 10.1. The Balaban J connectivity index is 1.22. The van der Waals surface area contributed by atoms with E-state index in [-0.39, 0.29) is 24.5 Å². The van der Waals surface area contributed by atoms with Gasteiger partial charge >= 0.3 is 0 Å². The molecule has 1 amide bonds. The van der Waals surface area contributed by atoms with Gasteiger partial charge in [0.2, 0.25) is 5.91 Å². The highest BCUT2D eigenvalue weighted by molar-refractivity contribution is 7.12. The Morgan fingerprint density at radius 3 is 2.24 bits per heavy atom. The number of nitrogens with zero attached hydrogens (tertiary/aromatic N) is 2. The average molecular weight is 462 g/mol. The lowest BCUT2D eigenvalue weighted by molar-refractivity contribution is -0.116. The van der Waals surface area contributed by atoms with Gasteiger partial charge in [0.1, 0.15) is 0 Å². The molecule has 33 heavy (non-hydrogen) atoms. The predicted octanol–water partition coefficient (Wildman–Crippen LogP) is 5.29. The van der Waals surface area contributed by atoms with Gasteiger partial charge in [-0.25, -0.2) is 0 Å². The first-order chi connectivity index (χ1) is 16.0. The molecule has 6 heteroatoms. The number of hydrogen-bond acceptors (Lipinski definition) is 5. The summed E-state index contributed by atoms with van der Waals surface area (Å²) in [5, 5.41) is 2.92. The largest absolute Gasteiger partial charge is 0.369 e. The quantitative estimate of drug-likeness (QED) is 0.463. The lowest BCUT2D eigenvalue weighted by Gasteiger charge is -2.36. The standard InChI is InChI=1S/C27H31N3O2S/c1-20-18-25(21(2)33-20)26(31)12-13-27(32)28-23-8-10-24(11-9-23)30-16-14-29(15-17-30)19-22-6-4-3-5-7-22/h3-11,18H,12-17,19H2,1-2H3,(H,28,32). The third-order valence-corrected chi connectivity index (χ3v) is 7.02. The van der Waals surface area contributed by atoms with Crippen LogP contribution in [0.1, 0.15) is 38.5 Å². The summed E-state index contributed by atoms with van der Waals surface area (Å²) in [6.45, 7) is 8.98. The smallest absolute Gasteiger partial charge is 0.224 e. The average Bonchev–Trinajstić information content (AvgIpc) is 3.17. The fraction of sp³-hybridized carbons (Fsp3) is 0.333. The molecule has 0 saturated carbocycles. The van der Waals surface area contributed by atoms with Crippen LogP contribution in [0.15, 0.2) is 60.7 Å². The SMILES string of the molecule is Cc1cc(C(=O)CCC(=O)Nc2ccc(N3CCN(Cc4ccccc4)CC3)cc2)c(C)s1. The molecular formula is C27H31N3O2S. The van der Waals surface area contributed by atoms with Gasteiger partial charge < -0.3 is 10.2 Å². The first-order valence-electron chi connectivity index (χ1n) is 11.5. The molecule has 5 nitrogen and oxygen atoms in total. The summed E-state index contributed by atoms with van der Waals surface area (Å²) in [6.07, 6.45) is 0.423. The Morgan fingerprint density at radius 2 is 1.61 bits per heavy atom. The monoisotopic (exact) mass is 461 g/mol. The maximum absolute atomic E-state index is 12.4. The van der Waals surface area contributed by atoms with E-state index in [9.17, 15) is 9.59 Å². The van der Waals surface area contributed by atoms with E-state index in [4.69, 9.17) is 0 Å². The summed E-state index contributed by atoms with van der Waals surface area (Å²) >= 11 is 1.62. The molecule has 1 aliphatic heterocycles. The lowest BCUT2D eigenvalue weighted by Crippen LogP contribution is -2.45. The third-order valence-electron chi connectivity index (χ3n) is 6.06. The number of carbonyl (C=O) groups is 2. The van der Waals surface area contributed by atoms with E-state index in [1.165, 1.54) is 11.3 Å². The molecule has 0 unspecified atom stereocenters. The number of Topliss-reactive ketones (excluding diaryl/α,β-unsaturated/α-hetero) is 1. The minimum atomic E-state index is -0.129. The highest BCUT2D eigenvalue weighted by Crippen LogP contribution is 2.23. The summed E-state index contributed by atoms with van der Waals surface area (Å²) in [7, 11) is 0. The van der Waals surface area contributed by atoms with Gasteiger partial charge in [0, 0.05) is 72.3 Å². The maximum Gasteiger partial charge on any atom is 0.224 e. The van der Waals surface area contributed by atoms with Gasteiger partial charge in [-0.2, -0.15) is 0 Å². The number of piperazine rings is 1. The van der Waals surface area contributed by atoms with Gasteiger partial charge in [0.15, 0.2) is 5.78 Å². The van der Waals surface area contributed by atoms with Crippen LogP contribution in [-0.4, -0.2) is 42.8 Å². The molecule has 3 aromatic rings. The highest BCUT2D eigenvalue weighted by atomic mass is 32.1. The molecular weight excluding hydrogens is 430 g/mol. The molecule has 0 bridgehead atoms. The number of rotatable bonds is 8. The molecule has 1 aromatic heterocycles. The third kappa shape index (κ3) is 6.30. The Labute approximate surface area is 200 Å². The van der Waals surface area contributed by atoms with Crippen molar-refractivity contribution in [2.45, 2.75) is 33.2 Å². The van der Waals surface area contributed by atoms with Crippen LogP contribution in [0.25, 0.3) is 0 Å². The van der Waals surface area contributed by atoms with Crippen LogP contribution in [0.2, 0.25) is 0 Å². The van der Waals surface area contributed by atoms with Crippen molar-refractivity contribution in [1.29, 1.82) is 0 Å². The van der Waals surface area contributed by atoms with E-state index in [1.54, 1.807) is 11.3 Å². The van der Waals surface area contributed by atoms with E-state index in [0.29, 0.717) is 0 Å². The number of benzene rings is 2. The fourth-order valence-electron chi connectivity index (χ4n) is 4.25. The minimum Gasteiger partial charge on any atom is -0.369 e. The van der Waals surface area contributed by atoms with E-state index < -0.39 is 0 Å². The van der Waals surface area contributed by atoms with Gasteiger partial charge in [-0.15, -0.1) is 11.3 Å². The van der Waals surface area contributed by atoms with Crippen LogP contribution in [0.4, 0.5) is 11.4 Å². The summed E-state index contributed by atoms with van der Waals surface area (Å²) in [5.74, 6) is -0.0935. The molecule has 1 N–H and O–H groups in total. The van der Waals surface area contributed by atoms with Crippen molar-refractivity contribution < 1.29 is 9.59 Å². The van der Waals surface area contributed by atoms with Gasteiger partial charge in [-0.05, 0) is 49.7 Å². The van der Waals surface area contributed by atoms with E-state index in [2.05, 4.69) is 57.6 Å². The number of amides is 1. The zero-order valence-electron chi connectivity index (χ0n) is 19.3. The van der Waals surface area contributed by atoms with Crippen LogP contribution >= 0.6 is 11.3 Å². The van der Waals surface area contributed by atoms with Crippen LogP contribution in [0.3, 0.4) is 0 Å². The van der Waals surface area contributed by atoms with E-state index >= 15 is 0 Å². The number of nitrogens with one attached hydrogen (secondary N) is 1. The number of thiophene rings is 1. The summed E-state index contributed by atoms with van der Waals surface area (Å²) in [5.41, 5.74) is 4.04. The molecule has 1 fully saturated rings. The van der Waals surface area contributed by atoms with Crippen LogP contribution in [-0.2, 0) is 11.3 Å². The molecule has 0 spiro atoms. The second-order valence-corrected chi connectivity index (χ2v) is 10.1. The summed E-state index contributed by atoms with van der Waals surface area (Å²) in [4.78, 5) is 31.8. The van der Waals surface area contributed by atoms with Gasteiger partial charge in [0.25, 0.3) is 0 Å². The highest BCUT2D eigenvalue weighted by Gasteiger charge is 2.18. The van der Waals surface area contributed by atoms with Crippen molar-refractivity contribution in [2.75, 3.05) is 36.4 Å². The van der Waals surface area contributed by atoms with Gasteiger partial charge in [-0.1, -0.05) is 30.3 Å². The van der Waals surface area contributed by atoms with Gasteiger partial charge in [0.05, 0.1) is 0 Å². The second kappa shape index (κ2) is 10.8. The van der Waals surface area contributed by atoms with Crippen molar-refractivity contribution in [2.24, 2.45) is 0 Å². The molecule has 2 heterocycles. The Bertz CT molecular complexity index is 1080. The molecule has 4 rings (SSSR count). The number of hydrogen-bond donors (Lipinski definition) is 1. The summed E-state index contributed by atoms with van der Waals surface area (Å²) in [6, 6.07) is 20.5. The second-order valence-electron chi connectivity index (χ2n) is 8.59. The van der Waals surface area contributed by atoms with Crippen LogP contribution in [0, 0.1) is 13.8 Å². The van der Waals surface area contributed by atoms with Crippen LogP contribution < -0.4 is 10.2 Å². The minimum absolute atomic E-state index is 0.0359. The number of aryl methyl sites for hydroxylation is 2. The molecule has 2 aromatic carbocycles. The Morgan fingerprint density at radius 1 is 0.909 bits per heavy atom. The van der Waals surface area contributed by atoms with Gasteiger partial charge in [-0.3, -0.25) is 14.5 Å².